The van der Waals surface area contributed by atoms with Gasteiger partial charge in [0, 0.05) is 22.4 Å². The maximum absolute atomic E-state index is 5.59. The third kappa shape index (κ3) is 4.04. The van der Waals surface area contributed by atoms with Crippen LogP contribution in [0.4, 0.5) is 11.8 Å². The number of hydrogen-bond acceptors (Lipinski definition) is 3. The zero-order valence-electron chi connectivity index (χ0n) is 12.7. The van der Waals surface area contributed by atoms with Crippen LogP contribution < -0.4 is 11.1 Å². The van der Waals surface area contributed by atoms with Gasteiger partial charge in [-0.1, -0.05) is 15.9 Å². The molecule has 3 aromatic rings. The minimum atomic E-state index is 0.468. The number of nitrogen functional groups attached to an aromatic ring is 1. The van der Waals surface area contributed by atoms with Gasteiger partial charge in [0.25, 0.3) is 0 Å². The maximum Gasteiger partial charge on any atom is 0.197 e. The summed E-state index contributed by atoms with van der Waals surface area (Å²) >= 11 is 10.7. The highest BCUT2D eigenvalue weighted by Gasteiger charge is 2.13. The second kappa shape index (κ2) is 7.76. The molecule has 24 heavy (non-hydrogen) atoms. The fourth-order valence-electron chi connectivity index (χ4n) is 2.43. The van der Waals surface area contributed by atoms with Gasteiger partial charge in [0.15, 0.2) is 5.95 Å². The fourth-order valence-corrected chi connectivity index (χ4v) is 3.60. The van der Waals surface area contributed by atoms with Crippen molar-refractivity contribution >= 4 is 59.6 Å². The summed E-state index contributed by atoms with van der Waals surface area (Å²) in [5, 5.41) is 3.49. The highest BCUT2D eigenvalue weighted by atomic mass is 79.9. The van der Waals surface area contributed by atoms with Crippen LogP contribution in [0.15, 0.2) is 50.1 Å². The zero-order valence-corrected chi connectivity index (χ0v) is 17.4. The van der Waals surface area contributed by atoms with E-state index in [1.54, 1.807) is 6.20 Å². The molecule has 0 aliphatic heterocycles. The van der Waals surface area contributed by atoms with Gasteiger partial charge in [-0.05, 0) is 75.0 Å². The van der Waals surface area contributed by atoms with Crippen LogP contribution in [0.3, 0.4) is 0 Å². The van der Waals surface area contributed by atoms with E-state index in [9.17, 15) is 0 Å². The third-order valence-electron chi connectivity index (χ3n) is 3.56. The van der Waals surface area contributed by atoms with E-state index in [2.05, 4.69) is 85.8 Å². The van der Waals surface area contributed by atoms with Gasteiger partial charge < -0.3 is 16.0 Å². The molecule has 0 spiro atoms. The van der Waals surface area contributed by atoms with Crippen molar-refractivity contribution in [2.45, 2.75) is 12.8 Å². The van der Waals surface area contributed by atoms with Gasteiger partial charge in [0.2, 0.25) is 0 Å². The summed E-state index contributed by atoms with van der Waals surface area (Å²) in [6.45, 7) is 0.846. The lowest BCUT2D eigenvalue weighted by Crippen LogP contribution is -2.08. The Balaban J connectivity index is 1.69. The number of rotatable bonds is 6. The predicted octanol–water partition coefficient (Wildman–Crippen LogP) is 5.11. The fraction of sp³-hybridized carbons (Fsp3) is 0.188. The number of aromatic nitrogens is 3. The predicted molar refractivity (Wildman–Crippen MR) is 109 cm³/mol. The number of aryl methyl sites for hydroxylation is 1. The van der Waals surface area contributed by atoms with Gasteiger partial charge in [0.1, 0.15) is 10.4 Å². The summed E-state index contributed by atoms with van der Waals surface area (Å²) in [5.41, 5.74) is 7.73. The average Bonchev–Trinajstić information content (AvgIpc) is 3.09. The molecule has 0 aliphatic rings. The van der Waals surface area contributed by atoms with Crippen molar-refractivity contribution in [3.8, 4) is 5.69 Å². The number of nitrogens with two attached hydrogens (primary N) is 1. The number of anilines is 2. The maximum atomic E-state index is 5.59. The average molecular weight is 518 g/mol. The van der Waals surface area contributed by atoms with Crippen LogP contribution in [0.5, 0.6) is 0 Å². The molecular weight excluding hydrogens is 502 g/mol. The minimum absolute atomic E-state index is 0.468. The number of imidazole rings is 1. The Morgan fingerprint density at radius 3 is 2.58 bits per heavy atom. The quantitative estimate of drug-likeness (QED) is 0.398. The first-order valence-electron chi connectivity index (χ1n) is 7.40. The van der Waals surface area contributed by atoms with Crippen molar-refractivity contribution in [2.75, 3.05) is 17.6 Å². The Bertz CT molecular complexity index is 823. The number of nitrogens with zero attached hydrogens (tertiary/aromatic N) is 2. The number of hydrogen-bond donors (Lipinski definition) is 3. The molecule has 2 heterocycles. The van der Waals surface area contributed by atoms with Gasteiger partial charge in [-0.2, -0.15) is 0 Å². The van der Waals surface area contributed by atoms with Crippen molar-refractivity contribution in [1.29, 1.82) is 0 Å². The molecule has 0 atom stereocenters. The summed E-state index contributed by atoms with van der Waals surface area (Å²) in [6.07, 6.45) is 3.66. The Hall–Kier alpha value is -1.25. The van der Waals surface area contributed by atoms with Gasteiger partial charge in [-0.25, -0.2) is 4.98 Å². The largest absolute Gasteiger partial charge is 0.371 e. The molecule has 8 heteroatoms. The van der Waals surface area contributed by atoms with E-state index in [1.165, 1.54) is 0 Å². The van der Waals surface area contributed by atoms with Crippen molar-refractivity contribution < 1.29 is 0 Å². The molecule has 126 valence electrons. The first-order chi connectivity index (χ1) is 11.5. The highest BCUT2D eigenvalue weighted by molar-refractivity contribution is 9.13. The number of halogens is 3. The van der Waals surface area contributed by atoms with Crippen LogP contribution in [0, 0.1) is 0 Å². The molecule has 1 aromatic carbocycles. The van der Waals surface area contributed by atoms with Crippen LogP contribution in [-0.2, 0) is 6.42 Å². The zero-order chi connectivity index (χ0) is 17.1. The van der Waals surface area contributed by atoms with E-state index in [0.29, 0.717) is 5.95 Å². The molecule has 0 aliphatic carbocycles. The monoisotopic (exact) mass is 515 g/mol. The van der Waals surface area contributed by atoms with Crippen molar-refractivity contribution in [2.24, 2.45) is 0 Å². The van der Waals surface area contributed by atoms with E-state index in [1.807, 2.05) is 12.1 Å². The smallest absolute Gasteiger partial charge is 0.197 e. The molecule has 0 saturated heterocycles. The summed E-state index contributed by atoms with van der Waals surface area (Å²) in [7, 11) is 0. The van der Waals surface area contributed by atoms with E-state index < -0.39 is 0 Å². The van der Waals surface area contributed by atoms with E-state index in [0.717, 1.165) is 50.1 Å². The topological polar surface area (TPSA) is 71.7 Å². The lowest BCUT2D eigenvalue weighted by atomic mass is 10.2. The Morgan fingerprint density at radius 1 is 1.17 bits per heavy atom. The molecule has 2 aromatic heterocycles. The first kappa shape index (κ1) is 17.6. The SMILES string of the molecule is Nc1ncc(CCCNc2cc(Br)c(Br)n2-c2ccc(Br)cc2)[nH]1. The number of aromatic amines is 1. The number of H-pyrrole nitrogens is 1. The molecule has 0 saturated carbocycles. The van der Waals surface area contributed by atoms with Crippen LogP contribution in [-0.4, -0.2) is 21.1 Å². The second-order valence-corrected chi connectivity index (χ2v) is 7.83. The Labute approximate surface area is 165 Å². The second-order valence-electron chi connectivity index (χ2n) is 5.30. The van der Waals surface area contributed by atoms with Crippen LogP contribution in [0.2, 0.25) is 0 Å². The molecule has 3 rings (SSSR count). The third-order valence-corrected chi connectivity index (χ3v) is 6.01. The van der Waals surface area contributed by atoms with Crippen LogP contribution in [0.1, 0.15) is 12.1 Å². The molecule has 0 amide bonds. The van der Waals surface area contributed by atoms with Gasteiger partial charge >= 0.3 is 0 Å². The van der Waals surface area contributed by atoms with Crippen molar-refractivity contribution in [3.63, 3.8) is 0 Å². The van der Waals surface area contributed by atoms with Crippen molar-refractivity contribution in [3.05, 3.63) is 55.8 Å². The van der Waals surface area contributed by atoms with Crippen molar-refractivity contribution in [1.82, 2.24) is 14.5 Å². The summed E-state index contributed by atoms with van der Waals surface area (Å²) in [4.78, 5) is 7.06. The van der Waals surface area contributed by atoms with E-state index in [4.69, 9.17) is 5.73 Å². The first-order valence-corrected chi connectivity index (χ1v) is 9.78. The normalized spacial score (nSPS) is 11.0. The summed E-state index contributed by atoms with van der Waals surface area (Å²) in [5.74, 6) is 1.50. The molecule has 5 nitrogen and oxygen atoms in total. The highest BCUT2D eigenvalue weighted by Crippen LogP contribution is 2.33. The van der Waals surface area contributed by atoms with Crippen LogP contribution >= 0.6 is 47.8 Å². The summed E-state index contributed by atoms with van der Waals surface area (Å²) < 4.78 is 5.18. The molecule has 0 unspecified atom stereocenters. The van der Waals surface area contributed by atoms with Gasteiger partial charge in [-0.3, -0.25) is 4.57 Å². The molecule has 0 bridgehead atoms. The number of benzene rings is 1. The summed E-state index contributed by atoms with van der Waals surface area (Å²) in [6, 6.07) is 10.3. The minimum Gasteiger partial charge on any atom is -0.371 e. The van der Waals surface area contributed by atoms with E-state index >= 15 is 0 Å². The molecule has 0 fully saturated rings. The molecule has 4 N–H and O–H groups in total. The molecule has 0 radical (unpaired) electrons. The molecular formula is C16H16Br3N5. The van der Waals surface area contributed by atoms with E-state index in [-0.39, 0.29) is 0 Å². The van der Waals surface area contributed by atoms with Crippen LogP contribution in [0.25, 0.3) is 5.69 Å². The Kier molecular flexibility index (Phi) is 5.68. The number of nitrogens with one attached hydrogen (secondary N) is 2. The van der Waals surface area contributed by atoms with Gasteiger partial charge in [0.05, 0.1) is 10.7 Å². The Morgan fingerprint density at radius 2 is 1.92 bits per heavy atom. The standard InChI is InChI=1S/C16H16Br3N5/c17-10-3-5-12(6-4-10)24-14(8-13(18)15(24)19)21-7-1-2-11-9-22-16(20)23-11/h3-6,8-9,21H,1-2,7H2,(H3,20,22,23). The lowest BCUT2D eigenvalue weighted by molar-refractivity contribution is 0.835. The lowest BCUT2D eigenvalue weighted by Gasteiger charge is -2.12. The van der Waals surface area contributed by atoms with Gasteiger partial charge in [-0.15, -0.1) is 0 Å².